The zero-order valence-electron chi connectivity index (χ0n) is 11.3. The Bertz CT molecular complexity index is 201. The van der Waals surface area contributed by atoms with E-state index in [1.165, 1.54) is 25.7 Å². The van der Waals surface area contributed by atoms with Gasteiger partial charge in [0.2, 0.25) is 0 Å². The zero-order valence-corrected chi connectivity index (χ0v) is 11.3. The molecule has 0 aliphatic heterocycles. The smallest absolute Gasteiger partial charge is 0.0186 e. The molecule has 0 saturated heterocycles. The Morgan fingerprint density at radius 1 is 1.38 bits per heavy atom. The third-order valence-electron chi connectivity index (χ3n) is 4.60. The maximum atomic E-state index is 6.67. The van der Waals surface area contributed by atoms with Crippen molar-refractivity contribution in [2.75, 3.05) is 0 Å². The molecule has 0 amide bonds. The third-order valence-corrected chi connectivity index (χ3v) is 4.60. The van der Waals surface area contributed by atoms with Crippen LogP contribution in [0.4, 0.5) is 0 Å². The van der Waals surface area contributed by atoms with Crippen LogP contribution >= 0.6 is 0 Å². The number of unbranched alkanes of at least 4 members (excludes halogenated alkanes) is 1. The molecule has 1 aliphatic carbocycles. The highest BCUT2D eigenvalue weighted by Gasteiger charge is 2.41. The van der Waals surface area contributed by atoms with Crippen molar-refractivity contribution >= 4 is 0 Å². The van der Waals surface area contributed by atoms with E-state index in [1.54, 1.807) is 0 Å². The first-order valence-corrected chi connectivity index (χ1v) is 7.08. The quantitative estimate of drug-likeness (QED) is 0.757. The van der Waals surface area contributed by atoms with Crippen LogP contribution in [0.15, 0.2) is 0 Å². The molecule has 4 unspecified atom stereocenters. The van der Waals surface area contributed by atoms with E-state index < -0.39 is 0 Å². The van der Waals surface area contributed by atoms with E-state index in [-0.39, 0.29) is 5.54 Å². The Morgan fingerprint density at radius 2 is 2.06 bits per heavy atom. The van der Waals surface area contributed by atoms with Gasteiger partial charge >= 0.3 is 0 Å². The van der Waals surface area contributed by atoms with Crippen molar-refractivity contribution in [3.8, 4) is 0 Å². The van der Waals surface area contributed by atoms with Crippen LogP contribution in [-0.2, 0) is 0 Å². The van der Waals surface area contributed by atoms with Crippen LogP contribution in [0.1, 0.15) is 65.7 Å². The first-order valence-electron chi connectivity index (χ1n) is 7.08. The molecule has 0 aromatic rings. The summed E-state index contributed by atoms with van der Waals surface area (Å²) in [6.45, 7) is 6.86. The van der Waals surface area contributed by atoms with Gasteiger partial charge in [-0.05, 0) is 37.5 Å². The molecule has 1 saturated carbocycles. The number of hydrogen-bond acceptors (Lipinski definition) is 2. The summed E-state index contributed by atoms with van der Waals surface area (Å²) < 4.78 is 0. The van der Waals surface area contributed by atoms with E-state index in [0.29, 0.717) is 17.9 Å². The second kappa shape index (κ2) is 6.02. The standard InChI is InChI=1S/C14H30N2/c1-4-6-8-14(16)9-7-12(15)10-13(14)11(3)5-2/h11-13H,4-10,15-16H2,1-3H3. The Balaban J connectivity index is 2.70. The van der Waals surface area contributed by atoms with Gasteiger partial charge in [0.1, 0.15) is 0 Å². The predicted molar refractivity (Wildman–Crippen MR) is 71.2 cm³/mol. The molecule has 1 fully saturated rings. The molecule has 96 valence electrons. The molecular formula is C14H30N2. The largest absolute Gasteiger partial charge is 0.328 e. The van der Waals surface area contributed by atoms with Crippen LogP contribution in [0.5, 0.6) is 0 Å². The van der Waals surface area contributed by atoms with Crippen LogP contribution in [0.3, 0.4) is 0 Å². The minimum Gasteiger partial charge on any atom is -0.328 e. The van der Waals surface area contributed by atoms with Gasteiger partial charge in [0.25, 0.3) is 0 Å². The lowest BCUT2D eigenvalue weighted by molar-refractivity contribution is 0.108. The average molecular weight is 226 g/mol. The van der Waals surface area contributed by atoms with Gasteiger partial charge in [-0.15, -0.1) is 0 Å². The third kappa shape index (κ3) is 3.21. The van der Waals surface area contributed by atoms with E-state index in [0.717, 1.165) is 19.3 Å². The van der Waals surface area contributed by atoms with Crippen LogP contribution in [-0.4, -0.2) is 11.6 Å². The highest BCUT2D eigenvalue weighted by Crippen LogP contribution is 2.40. The second-order valence-corrected chi connectivity index (χ2v) is 5.86. The lowest BCUT2D eigenvalue weighted by Gasteiger charge is -2.46. The van der Waals surface area contributed by atoms with E-state index in [2.05, 4.69) is 20.8 Å². The highest BCUT2D eigenvalue weighted by atomic mass is 14.8. The Kier molecular flexibility index (Phi) is 5.26. The highest BCUT2D eigenvalue weighted by molar-refractivity contribution is 4.99. The van der Waals surface area contributed by atoms with Crippen LogP contribution in [0.25, 0.3) is 0 Å². The summed E-state index contributed by atoms with van der Waals surface area (Å²) in [6.07, 6.45) is 8.30. The van der Waals surface area contributed by atoms with Crippen LogP contribution in [0, 0.1) is 11.8 Å². The van der Waals surface area contributed by atoms with Crippen LogP contribution < -0.4 is 11.5 Å². The lowest BCUT2D eigenvalue weighted by Crippen LogP contribution is -2.55. The molecule has 4 N–H and O–H groups in total. The number of rotatable bonds is 5. The van der Waals surface area contributed by atoms with Crippen molar-refractivity contribution in [3.05, 3.63) is 0 Å². The molecule has 1 aliphatic rings. The molecule has 0 spiro atoms. The maximum Gasteiger partial charge on any atom is 0.0186 e. The lowest BCUT2D eigenvalue weighted by atomic mass is 9.64. The minimum atomic E-state index is 0.0707. The van der Waals surface area contributed by atoms with Gasteiger partial charge in [0, 0.05) is 11.6 Å². The van der Waals surface area contributed by atoms with E-state index in [9.17, 15) is 0 Å². The molecule has 0 heterocycles. The molecule has 1 rings (SSSR count). The first kappa shape index (κ1) is 14.0. The van der Waals surface area contributed by atoms with Crippen molar-refractivity contribution < 1.29 is 0 Å². The maximum absolute atomic E-state index is 6.67. The molecular weight excluding hydrogens is 196 g/mol. The molecule has 2 nitrogen and oxygen atoms in total. The summed E-state index contributed by atoms with van der Waals surface area (Å²) in [6, 6.07) is 0.386. The van der Waals surface area contributed by atoms with Crippen molar-refractivity contribution in [2.45, 2.75) is 77.3 Å². The monoisotopic (exact) mass is 226 g/mol. The second-order valence-electron chi connectivity index (χ2n) is 5.86. The summed E-state index contributed by atoms with van der Waals surface area (Å²) in [5.41, 5.74) is 12.9. The van der Waals surface area contributed by atoms with Gasteiger partial charge in [-0.25, -0.2) is 0 Å². The predicted octanol–water partition coefficient (Wildman–Crippen LogP) is 3.05. The van der Waals surface area contributed by atoms with Crippen molar-refractivity contribution in [1.29, 1.82) is 0 Å². The van der Waals surface area contributed by atoms with Gasteiger partial charge in [-0.2, -0.15) is 0 Å². The molecule has 4 atom stereocenters. The van der Waals surface area contributed by atoms with Crippen LogP contribution in [0.2, 0.25) is 0 Å². The molecule has 0 aromatic carbocycles. The Hall–Kier alpha value is -0.0800. The van der Waals surface area contributed by atoms with Gasteiger partial charge in [0.15, 0.2) is 0 Å². The van der Waals surface area contributed by atoms with Gasteiger partial charge < -0.3 is 11.5 Å². The van der Waals surface area contributed by atoms with Crippen molar-refractivity contribution in [3.63, 3.8) is 0 Å². The summed E-state index contributed by atoms with van der Waals surface area (Å²) in [4.78, 5) is 0. The minimum absolute atomic E-state index is 0.0707. The summed E-state index contributed by atoms with van der Waals surface area (Å²) in [5, 5.41) is 0. The van der Waals surface area contributed by atoms with E-state index in [4.69, 9.17) is 11.5 Å². The van der Waals surface area contributed by atoms with Gasteiger partial charge in [-0.1, -0.05) is 40.0 Å². The fourth-order valence-corrected chi connectivity index (χ4v) is 3.22. The zero-order chi connectivity index (χ0) is 12.2. The summed E-state index contributed by atoms with van der Waals surface area (Å²) in [5.74, 6) is 1.35. The molecule has 16 heavy (non-hydrogen) atoms. The van der Waals surface area contributed by atoms with Gasteiger partial charge in [0.05, 0.1) is 0 Å². The first-order chi connectivity index (χ1) is 7.53. The molecule has 2 heteroatoms. The fourth-order valence-electron chi connectivity index (χ4n) is 3.22. The Labute approximate surface area is 101 Å². The SMILES string of the molecule is CCCCC1(N)CCC(N)CC1C(C)CC. The fraction of sp³-hybridized carbons (Fsp3) is 1.00. The topological polar surface area (TPSA) is 52.0 Å². The average Bonchev–Trinajstić information content (AvgIpc) is 2.29. The molecule has 0 bridgehead atoms. The van der Waals surface area contributed by atoms with Crippen molar-refractivity contribution in [1.82, 2.24) is 0 Å². The normalized spacial score (nSPS) is 37.3. The van der Waals surface area contributed by atoms with Crippen molar-refractivity contribution in [2.24, 2.45) is 23.3 Å². The summed E-state index contributed by atoms with van der Waals surface area (Å²) >= 11 is 0. The molecule has 0 radical (unpaired) electrons. The number of nitrogens with two attached hydrogens (primary N) is 2. The number of hydrogen-bond donors (Lipinski definition) is 2. The Morgan fingerprint density at radius 3 is 2.62 bits per heavy atom. The summed E-state index contributed by atoms with van der Waals surface area (Å²) in [7, 11) is 0. The van der Waals surface area contributed by atoms with E-state index in [1.807, 2.05) is 0 Å². The molecule has 0 aromatic heterocycles. The van der Waals surface area contributed by atoms with Gasteiger partial charge in [-0.3, -0.25) is 0 Å². The van der Waals surface area contributed by atoms with E-state index >= 15 is 0 Å².